The van der Waals surface area contributed by atoms with Crippen LogP contribution in [0.3, 0.4) is 0 Å². The van der Waals surface area contributed by atoms with Crippen molar-refractivity contribution in [2.75, 3.05) is 39.3 Å². The Hall–Kier alpha value is -9.17. The summed E-state index contributed by atoms with van der Waals surface area (Å²) in [5, 5.41) is 45.4. The molecule has 0 unspecified atom stereocenters. The normalized spacial score (nSPS) is 22.5. The molecule has 4 heterocycles. The highest BCUT2D eigenvalue weighted by molar-refractivity contribution is 5.99. The van der Waals surface area contributed by atoms with Gasteiger partial charge in [0.1, 0.15) is 54.4 Å². The molecule has 0 radical (unpaired) electrons. The second-order valence-electron chi connectivity index (χ2n) is 24.8. The molecule has 22 N–H and O–H groups in total. The molecule has 5 aliphatic rings. The third-order valence-electron chi connectivity index (χ3n) is 18.0. The molecular weight excluding hydrogens is 1220 g/mol. The first-order valence-corrected chi connectivity index (χ1v) is 32.2. The number of carboxylic acid groups (broad SMARTS) is 1. The topological polar surface area (TPSA) is 524 Å². The van der Waals surface area contributed by atoms with Gasteiger partial charge in [-0.25, -0.2) is 4.79 Å². The number of guanidine groups is 3. The fourth-order valence-corrected chi connectivity index (χ4v) is 13.3. The Morgan fingerprint density at radius 3 is 1.79 bits per heavy atom. The molecule has 4 aliphatic heterocycles. The number of carboxylic acids is 1. The van der Waals surface area contributed by atoms with Gasteiger partial charge in [0.15, 0.2) is 17.9 Å². The number of nitrogens with two attached hydrogens (primary N) is 7. The number of carbonyl (C=O) groups is 10. The predicted molar refractivity (Wildman–Crippen MR) is 344 cm³/mol. The number of hydrogen-bond donors (Lipinski definition) is 15. The van der Waals surface area contributed by atoms with Gasteiger partial charge >= 0.3 is 5.97 Å². The molecular formula is C62H93N19O13. The zero-order chi connectivity index (χ0) is 68.3. The molecule has 7 rings (SSSR count). The lowest BCUT2D eigenvalue weighted by Gasteiger charge is -2.42. The van der Waals surface area contributed by atoms with Crippen LogP contribution < -0.4 is 66.7 Å². The van der Waals surface area contributed by atoms with E-state index in [-0.39, 0.29) is 127 Å². The third-order valence-corrected chi connectivity index (χ3v) is 18.0. The number of aliphatic hydroxyl groups excluding tert-OH is 2. The molecule has 0 aromatic heterocycles. The molecule has 0 spiro atoms. The Morgan fingerprint density at radius 1 is 0.574 bits per heavy atom. The molecule has 2 aromatic rings. The average Bonchev–Trinajstić information content (AvgIpc) is 1.50. The van der Waals surface area contributed by atoms with Gasteiger partial charge in [0.2, 0.25) is 53.2 Å². The summed E-state index contributed by atoms with van der Waals surface area (Å²) < 4.78 is 0. The summed E-state index contributed by atoms with van der Waals surface area (Å²) in [4.78, 5) is 160. The molecule has 94 heavy (non-hydrogen) atoms. The lowest BCUT2D eigenvalue weighted by Crippen LogP contribution is -2.63. The second kappa shape index (κ2) is 34.1. The molecule has 2 aromatic carbocycles. The number of aliphatic imine (C=N–C) groups is 3. The van der Waals surface area contributed by atoms with Crippen molar-refractivity contribution in [2.24, 2.45) is 61.0 Å². The van der Waals surface area contributed by atoms with E-state index in [0.29, 0.717) is 30.4 Å². The first-order chi connectivity index (χ1) is 44.9. The van der Waals surface area contributed by atoms with Crippen LogP contribution in [0.4, 0.5) is 0 Å². The highest BCUT2D eigenvalue weighted by atomic mass is 16.4. The number of amides is 9. The van der Waals surface area contributed by atoms with Crippen molar-refractivity contribution in [3.8, 4) is 0 Å². The summed E-state index contributed by atoms with van der Waals surface area (Å²) in [6.45, 7) is 0.564. The number of fused-ring (bicyclic) bond motifs is 2. The molecule has 32 nitrogen and oxygen atoms in total. The highest BCUT2D eigenvalue weighted by Crippen LogP contribution is 2.41. The molecule has 9 amide bonds. The van der Waals surface area contributed by atoms with Crippen LogP contribution in [-0.2, 0) is 67.3 Å². The summed E-state index contributed by atoms with van der Waals surface area (Å²) in [5.74, 6) is -8.40. The van der Waals surface area contributed by atoms with Gasteiger partial charge in [-0.15, -0.1) is 0 Å². The standard InChI is InChI=1S/C62H93N19O13/c1-34(73-53(87)47-30-39(83)32-80(47)57(91)46-22-12-26-78(46)55(89)41(19-10-24-71-61(66)67)74-51(85)40(63)18-9-23-70-60(64)65)50(84)76-43(27-35-13-3-2-4-14-35)52(86)77-44(33-82)56(90)79-31-38-17-6-5-15-36(38)28-49(79)58(92)81-45-21-8-7-16-37(45)29-48(81)54(88)75-42(59(93)94)20-11-25-72-62(68)69/h2-6,13-15,17,34,37,39-49,82-83H,7-12,16,18-33,63H2,1H3,(H,73,87)(H,74,85)(H,75,88)(H,76,84)(H,77,86)(H,93,94)(H4,64,65,70)(H4,66,67,71)(H4,68,69,72)/t34-,37-,39+,40+,41-,42-,43-,44-,45-,46-,47-,48-,49+/m0/s1. The van der Waals surface area contributed by atoms with E-state index in [1.54, 1.807) is 48.5 Å². The maximum absolute atomic E-state index is 15.4. The van der Waals surface area contributed by atoms with E-state index >= 15 is 9.59 Å². The fraction of sp³-hybridized carbons (Fsp3) is 0.597. The van der Waals surface area contributed by atoms with E-state index < -0.39 is 138 Å². The molecule has 0 bridgehead atoms. The maximum atomic E-state index is 15.4. The van der Waals surface area contributed by atoms with E-state index in [2.05, 4.69) is 41.6 Å². The Balaban J connectivity index is 1.05. The summed E-state index contributed by atoms with van der Waals surface area (Å²) in [7, 11) is 0. The maximum Gasteiger partial charge on any atom is 0.326 e. The lowest BCUT2D eigenvalue weighted by atomic mass is 9.84. The second-order valence-corrected chi connectivity index (χ2v) is 24.8. The number of nitrogens with zero attached hydrogens (tertiary/aromatic N) is 7. The summed E-state index contributed by atoms with van der Waals surface area (Å²) in [6.07, 6.45) is 3.29. The minimum absolute atomic E-state index is 0.00294. The van der Waals surface area contributed by atoms with Crippen LogP contribution in [0, 0.1) is 5.92 Å². The van der Waals surface area contributed by atoms with Crippen LogP contribution in [0.15, 0.2) is 69.6 Å². The Bertz CT molecular complexity index is 3120. The summed E-state index contributed by atoms with van der Waals surface area (Å²) >= 11 is 0. The number of rotatable bonds is 30. The van der Waals surface area contributed by atoms with Crippen molar-refractivity contribution in [3.63, 3.8) is 0 Å². The van der Waals surface area contributed by atoms with Gasteiger partial charge in [-0.05, 0) is 100 Å². The fourth-order valence-electron chi connectivity index (χ4n) is 13.3. The van der Waals surface area contributed by atoms with Gasteiger partial charge in [0.25, 0.3) is 0 Å². The van der Waals surface area contributed by atoms with Crippen LogP contribution in [-0.4, -0.2) is 224 Å². The van der Waals surface area contributed by atoms with E-state index in [0.717, 1.165) is 29.7 Å². The third kappa shape index (κ3) is 19.2. The predicted octanol–water partition coefficient (Wildman–Crippen LogP) is -4.70. The Kier molecular flexibility index (Phi) is 26.2. The van der Waals surface area contributed by atoms with E-state index in [1.807, 2.05) is 6.07 Å². The first-order valence-electron chi connectivity index (χ1n) is 32.2. The van der Waals surface area contributed by atoms with Crippen molar-refractivity contribution < 1.29 is 63.3 Å². The zero-order valence-electron chi connectivity index (χ0n) is 53.1. The Labute approximate surface area is 545 Å². The monoisotopic (exact) mass is 1310 g/mol. The average molecular weight is 1310 g/mol. The summed E-state index contributed by atoms with van der Waals surface area (Å²) in [6, 6.07) is 2.53. The minimum atomic E-state index is -1.68. The molecule has 1 saturated carbocycles. The Morgan fingerprint density at radius 2 is 1.15 bits per heavy atom. The van der Waals surface area contributed by atoms with Crippen molar-refractivity contribution in [1.82, 2.24) is 46.2 Å². The minimum Gasteiger partial charge on any atom is -0.480 e. The van der Waals surface area contributed by atoms with E-state index in [1.165, 1.54) is 21.6 Å². The number of hydrogen-bond acceptors (Lipinski definition) is 16. The van der Waals surface area contributed by atoms with Crippen molar-refractivity contribution in [3.05, 3.63) is 71.3 Å². The highest BCUT2D eigenvalue weighted by Gasteiger charge is 2.52. The van der Waals surface area contributed by atoms with Gasteiger partial charge in [0.05, 0.1) is 18.8 Å². The zero-order valence-corrected chi connectivity index (χ0v) is 53.1. The SMILES string of the molecule is C[C@H](NC(=O)[C@@H]1C[C@@H](O)CN1C(=O)[C@@H]1CCCN1C(=O)[C@H](CCCN=C(N)N)NC(=O)[C@H](N)CCCN=C(N)N)C(=O)N[C@@H](Cc1ccccc1)C(=O)N[C@@H](CO)C(=O)N1Cc2ccccc2C[C@@H]1C(=O)N1[C@H](C(=O)N[C@@H](CCCN=C(N)N)C(=O)O)C[C@@H]2CCCC[C@@H]21. The molecule has 1 aliphatic carbocycles. The number of likely N-dealkylation sites (tertiary alicyclic amines) is 3. The number of aliphatic carboxylic acids is 1. The largest absolute Gasteiger partial charge is 0.480 e. The van der Waals surface area contributed by atoms with Crippen LogP contribution in [0.25, 0.3) is 0 Å². The molecule has 32 heteroatoms. The molecule has 3 saturated heterocycles. The lowest BCUT2D eigenvalue weighted by molar-refractivity contribution is -0.153. The van der Waals surface area contributed by atoms with E-state index in [9.17, 15) is 53.7 Å². The van der Waals surface area contributed by atoms with Gasteiger partial charge in [0, 0.05) is 64.6 Å². The molecule has 4 fully saturated rings. The van der Waals surface area contributed by atoms with Crippen LogP contribution >= 0.6 is 0 Å². The number of aliphatic hydroxyl groups is 2. The van der Waals surface area contributed by atoms with Crippen LogP contribution in [0.5, 0.6) is 0 Å². The first kappa shape index (κ1) is 72.3. The van der Waals surface area contributed by atoms with Gasteiger partial charge in [-0.1, -0.05) is 67.4 Å². The van der Waals surface area contributed by atoms with Gasteiger partial charge in [-0.2, -0.15) is 0 Å². The number of carbonyl (C=O) groups excluding carboxylic acids is 9. The van der Waals surface area contributed by atoms with Gasteiger partial charge < -0.3 is 102 Å². The van der Waals surface area contributed by atoms with Gasteiger partial charge in [-0.3, -0.25) is 58.1 Å². The van der Waals surface area contributed by atoms with Crippen LogP contribution in [0.2, 0.25) is 0 Å². The van der Waals surface area contributed by atoms with Crippen molar-refractivity contribution in [1.29, 1.82) is 0 Å². The van der Waals surface area contributed by atoms with Crippen molar-refractivity contribution in [2.45, 2.75) is 189 Å². The summed E-state index contributed by atoms with van der Waals surface area (Å²) in [5.41, 5.74) is 40.9. The smallest absolute Gasteiger partial charge is 0.326 e. The molecule has 514 valence electrons. The van der Waals surface area contributed by atoms with Crippen LogP contribution in [0.1, 0.15) is 114 Å². The quantitative estimate of drug-likeness (QED) is 0.0199. The van der Waals surface area contributed by atoms with E-state index in [4.69, 9.17) is 40.1 Å². The number of nitrogens with one attached hydrogen (secondary N) is 5. The number of benzene rings is 2. The molecule has 13 atom stereocenters. The van der Waals surface area contributed by atoms with Crippen molar-refractivity contribution >= 4 is 77.0 Å². The number of β-amino-alcohol motifs (C(OH)–C–C–N with tert-alkyl or cyclic N) is 1.